The molecule has 1 amide bonds. The monoisotopic (exact) mass is 347 g/mol. The zero-order chi connectivity index (χ0) is 15.4. The Morgan fingerprint density at radius 2 is 1.81 bits per heavy atom. The van der Waals surface area contributed by atoms with Crippen molar-refractivity contribution in [2.24, 2.45) is 0 Å². The van der Waals surface area contributed by atoms with E-state index in [0.29, 0.717) is 5.75 Å². The van der Waals surface area contributed by atoms with Gasteiger partial charge in [-0.1, -0.05) is 28.1 Å². The topological polar surface area (TPSA) is 38.3 Å². The van der Waals surface area contributed by atoms with Gasteiger partial charge in [-0.3, -0.25) is 4.79 Å². The quantitative estimate of drug-likeness (QED) is 0.885. The van der Waals surface area contributed by atoms with Crippen LogP contribution in [0.4, 0.5) is 5.69 Å². The predicted octanol–water partition coefficient (Wildman–Crippen LogP) is 4.47. The maximum atomic E-state index is 12.1. The van der Waals surface area contributed by atoms with Crippen LogP contribution in [0.15, 0.2) is 46.9 Å². The van der Waals surface area contributed by atoms with E-state index in [0.717, 1.165) is 21.3 Å². The molecule has 0 unspecified atom stereocenters. The van der Waals surface area contributed by atoms with Crippen LogP contribution in [0.5, 0.6) is 5.75 Å². The molecule has 0 aliphatic heterocycles. The lowest BCUT2D eigenvalue weighted by atomic mass is 10.1. The average Bonchev–Trinajstić information content (AvgIpc) is 2.37. The van der Waals surface area contributed by atoms with Gasteiger partial charge >= 0.3 is 0 Å². The van der Waals surface area contributed by atoms with Crippen molar-refractivity contribution in [3.63, 3.8) is 0 Å². The van der Waals surface area contributed by atoms with Gasteiger partial charge < -0.3 is 10.1 Å². The number of rotatable bonds is 4. The lowest BCUT2D eigenvalue weighted by molar-refractivity contribution is -0.122. The van der Waals surface area contributed by atoms with Gasteiger partial charge in [0, 0.05) is 10.2 Å². The summed E-state index contributed by atoms with van der Waals surface area (Å²) in [5.74, 6) is 0.539. The van der Waals surface area contributed by atoms with Crippen molar-refractivity contribution in [1.29, 1.82) is 0 Å². The Kier molecular flexibility index (Phi) is 5.02. The fourth-order valence-electron chi connectivity index (χ4n) is 2.07. The van der Waals surface area contributed by atoms with E-state index >= 15 is 0 Å². The molecule has 0 aromatic heterocycles. The Bertz CT molecular complexity index is 635. The molecule has 0 saturated carbocycles. The zero-order valence-corrected chi connectivity index (χ0v) is 13.9. The van der Waals surface area contributed by atoms with E-state index in [-0.39, 0.29) is 5.91 Å². The highest BCUT2D eigenvalue weighted by molar-refractivity contribution is 9.10. The van der Waals surface area contributed by atoms with Gasteiger partial charge in [0.05, 0.1) is 0 Å². The summed E-state index contributed by atoms with van der Waals surface area (Å²) in [4.78, 5) is 12.1. The normalized spacial score (nSPS) is 11.8. The van der Waals surface area contributed by atoms with Crippen LogP contribution in [-0.4, -0.2) is 12.0 Å². The first kappa shape index (κ1) is 15.6. The van der Waals surface area contributed by atoms with Crippen LogP contribution >= 0.6 is 15.9 Å². The molecule has 2 aromatic carbocycles. The van der Waals surface area contributed by atoms with Crippen molar-refractivity contribution >= 4 is 27.5 Å². The first-order chi connectivity index (χ1) is 9.94. The van der Waals surface area contributed by atoms with Crippen LogP contribution < -0.4 is 10.1 Å². The molecule has 0 fully saturated rings. The number of halogens is 1. The second-order valence-corrected chi connectivity index (χ2v) is 6.00. The summed E-state index contributed by atoms with van der Waals surface area (Å²) in [6.07, 6.45) is -0.565. The third kappa shape index (κ3) is 4.60. The molecule has 0 spiro atoms. The van der Waals surface area contributed by atoms with Crippen molar-refractivity contribution in [2.45, 2.75) is 26.9 Å². The molecule has 0 aliphatic rings. The van der Waals surface area contributed by atoms with Crippen molar-refractivity contribution in [3.8, 4) is 5.75 Å². The Balaban J connectivity index is 2.02. The highest BCUT2D eigenvalue weighted by atomic mass is 79.9. The number of hydrogen-bond donors (Lipinski definition) is 1. The maximum Gasteiger partial charge on any atom is 0.265 e. The number of anilines is 1. The Morgan fingerprint density at radius 1 is 1.14 bits per heavy atom. The van der Waals surface area contributed by atoms with E-state index in [1.807, 2.05) is 50.2 Å². The number of carbonyl (C=O) groups is 1. The number of nitrogens with one attached hydrogen (secondary N) is 1. The molecule has 4 heteroatoms. The van der Waals surface area contributed by atoms with Gasteiger partial charge in [0.25, 0.3) is 5.91 Å². The highest BCUT2D eigenvalue weighted by Gasteiger charge is 2.15. The number of aryl methyl sites for hydroxylation is 2. The minimum Gasteiger partial charge on any atom is -0.481 e. The molecular formula is C17H18BrNO2. The molecule has 0 heterocycles. The molecule has 1 atom stereocenters. The van der Waals surface area contributed by atoms with Crippen LogP contribution in [0, 0.1) is 13.8 Å². The van der Waals surface area contributed by atoms with Gasteiger partial charge in [0.15, 0.2) is 6.10 Å². The van der Waals surface area contributed by atoms with E-state index in [1.54, 1.807) is 6.92 Å². The summed E-state index contributed by atoms with van der Waals surface area (Å²) in [5, 5.41) is 2.84. The molecule has 2 rings (SSSR count). The molecular weight excluding hydrogens is 330 g/mol. The molecule has 1 N–H and O–H groups in total. The number of ether oxygens (including phenoxy) is 1. The number of carbonyl (C=O) groups excluding carboxylic acids is 1. The SMILES string of the molecule is Cc1cc(C)cc(O[C@H](C)C(=O)Nc2cccc(Br)c2)c1. The van der Waals surface area contributed by atoms with Crippen LogP contribution in [0.1, 0.15) is 18.1 Å². The smallest absolute Gasteiger partial charge is 0.265 e. The summed E-state index contributed by atoms with van der Waals surface area (Å²) in [6.45, 7) is 5.75. The number of amides is 1. The Labute approximate surface area is 133 Å². The summed E-state index contributed by atoms with van der Waals surface area (Å²) >= 11 is 3.38. The van der Waals surface area contributed by atoms with E-state index in [4.69, 9.17) is 4.74 Å². The first-order valence-electron chi connectivity index (χ1n) is 6.75. The van der Waals surface area contributed by atoms with Gasteiger partial charge in [-0.25, -0.2) is 0 Å². The Morgan fingerprint density at radius 3 is 2.43 bits per heavy atom. The lowest BCUT2D eigenvalue weighted by Crippen LogP contribution is -2.30. The minimum absolute atomic E-state index is 0.174. The van der Waals surface area contributed by atoms with Crippen molar-refractivity contribution in [3.05, 3.63) is 58.1 Å². The van der Waals surface area contributed by atoms with Gasteiger partial charge in [-0.2, -0.15) is 0 Å². The number of benzene rings is 2. The number of hydrogen-bond acceptors (Lipinski definition) is 2. The summed E-state index contributed by atoms with van der Waals surface area (Å²) in [6, 6.07) is 13.4. The largest absolute Gasteiger partial charge is 0.481 e. The molecule has 3 nitrogen and oxygen atoms in total. The molecule has 2 aromatic rings. The fourth-order valence-corrected chi connectivity index (χ4v) is 2.47. The van der Waals surface area contributed by atoms with Gasteiger partial charge in [0.1, 0.15) is 5.75 Å². The molecule has 0 bridgehead atoms. The van der Waals surface area contributed by atoms with Crippen LogP contribution in [0.25, 0.3) is 0 Å². The van der Waals surface area contributed by atoms with E-state index in [1.165, 1.54) is 0 Å². The van der Waals surface area contributed by atoms with Crippen molar-refractivity contribution in [2.75, 3.05) is 5.32 Å². The minimum atomic E-state index is -0.565. The first-order valence-corrected chi connectivity index (χ1v) is 7.55. The lowest BCUT2D eigenvalue weighted by Gasteiger charge is -2.15. The summed E-state index contributed by atoms with van der Waals surface area (Å²) in [5.41, 5.74) is 2.97. The molecule has 0 aliphatic carbocycles. The van der Waals surface area contributed by atoms with Crippen LogP contribution in [0.2, 0.25) is 0 Å². The van der Waals surface area contributed by atoms with Gasteiger partial charge in [0.2, 0.25) is 0 Å². The highest BCUT2D eigenvalue weighted by Crippen LogP contribution is 2.19. The predicted molar refractivity (Wildman–Crippen MR) is 88.8 cm³/mol. The van der Waals surface area contributed by atoms with Crippen LogP contribution in [-0.2, 0) is 4.79 Å². The van der Waals surface area contributed by atoms with E-state index in [9.17, 15) is 4.79 Å². The van der Waals surface area contributed by atoms with Crippen molar-refractivity contribution in [1.82, 2.24) is 0 Å². The van der Waals surface area contributed by atoms with E-state index < -0.39 is 6.10 Å². The maximum absolute atomic E-state index is 12.1. The molecule has 0 saturated heterocycles. The molecule has 0 radical (unpaired) electrons. The zero-order valence-electron chi connectivity index (χ0n) is 12.3. The van der Waals surface area contributed by atoms with Gasteiger partial charge in [-0.15, -0.1) is 0 Å². The van der Waals surface area contributed by atoms with Gasteiger partial charge in [-0.05, 0) is 62.2 Å². The summed E-state index contributed by atoms with van der Waals surface area (Å²) < 4.78 is 6.64. The third-order valence-electron chi connectivity index (χ3n) is 2.97. The van der Waals surface area contributed by atoms with Crippen molar-refractivity contribution < 1.29 is 9.53 Å². The van der Waals surface area contributed by atoms with E-state index in [2.05, 4.69) is 27.3 Å². The molecule has 110 valence electrons. The average molecular weight is 348 g/mol. The Hall–Kier alpha value is -1.81. The molecule has 21 heavy (non-hydrogen) atoms. The standard InChI is InChI=1S/C17H18BrNO2/c1-11-7-12(2)9-16(8-11)21-13(3)17(20)19-15-6-4-5-14(18)10-15/h4-10,13H,1-3H3,(H,19,20)/t13-/m1/s1. The summed E-state index contributed by atoms with van der Waals surface area (Å²) in [7, 11) is 0. The second-order valence-electron chi connectivity index (χ2n) is 5.08. The third-order valence-corrected chi connectivity index (χ3v) is 3.46. The second kappa shape index (κ2) is 6.76. The fraction of sp³-hybridized carbons (Fsp3) is 0.235. The van der Waals surface area contributed by atoms with Crippen LogP contribution in [0.3, 0.4) is 0 Å².